The molecule has 1 amide bonds. The summed E-state index contributed by atoms with van der Waals surface area (Å²) in [6.45, 7) is 0. The van der Waals surface area contributed by atoms with Crippen molar-refractivity contribution in [3.8, 4) is 11.8 Å². The second-order valence-electron chi connectivity index (χ2n) is 6.05. The Morgan fingerprint density at radius 3 is 2.92 bits per heavy atom. The van der Waals surface area contributed by atoms with Crippen molar-refractivity contribution < 1.29 is 4.79 Å². The number of nitrogens with zero attached hydrogens (tertiary/aromatic N) is 4. The Morgan fingerprint density at radius 2 is 2.20 bits per heavy atom. The number of benzene rings is 1. The van der Waals surface area contributed by atoms with E-state index in [1.165, 1.54) is 11.8 Å². The maximum atomic E-state index is 12.3. The maximum absolute atomic E-state index is 12.3. The molecule has 0 saturated heterocycles. The second kappa shape index (κ2) is 7.89. The number of halogens is 1. The van der Waals surface area contributed by atoms with Crippen molar-refractivity contribution in [3.63, 3.8) is 0 Å². The molecule has 8 heteroatoms. The summed E-state index contributed by atoms with van der Waals surface area (Å²) < 4.78 is 1.78. The highest BCUT2D eigenvalue weighted by atomic mass is 35.5. The second-order valence-corrected chi connectivity index (χ2v) is 7.43. The number of hydrogen-bond acceptors (Lipinski definition) is 5. The molecule has 1 fully saturated rings. The maximum Gasteiger partial charge on any atom is 0.231 e. The molecule has 25 heavy (non-hydrogen) atoms. The highest BCUT2D eigenvalue weighted by Gasteiger charge is 2.33. The van der Waals surface area contributed by atoms with E-state index in [1.54, 1.807) is 17.0 Å². The van der Waals surface area contributed by atoms with Crippen molar-refractivity contribution in [1.29, 1.82) is 5.26 Å². The number of hydrogen-bond donors (Lipinski definition) is 1. The molecular formula is C17H18ClN5OS. The van der Waals surface area contributed by atoms with Gasteiger partial charge in [-0.2, -0.15) is 5.26 Å². The first-order chi connectivity index (χ1) is 12.1. The molecule has 2 aromatic rings. The first kappa shape index (κ1) is 17.8. The van der Waals surface area contributed by atoms with Crippen LogP contribution in [0.2, 0.25) is 5.02 Å². The van der Waals surface area contributed by atoms with Crippen LogP contribution in [0.4, 0.5) is 0 Å². The number of aromatic nitrogens is 3. The SMILES string of the molecule is N#CC1(NC(=O)CSc2nncn2-c2cccc(Cl)c2)CCCCC1. The highest BCUT2D eigenvalue weighted by Crippen LogP contribution is 2.28. The number of rotatable bonds is 5. The molecule has 1 aromatic carbocycles. The minimum atomic E-state index is -0.712. The topological polar surface area (TPSA) is 83.6 Å². The van der Waals surface area contributed by atoms with Gasteiger partial charge >= 0.3 is 0 Å². The minimum absolute atomic E-state index is 0.158. The van der Waals surface area contributed by atoms with Crippen LogP contribution >= 0.6 is 23.4 Å². The summed E-state index contributed by atoms with van der Waals surface area (Å²) in [6, 6.07) is 9.64. The van der Waals surface area contributed by atoms with Gasteiger partial charge in [0, 0.05) is 5.02 Å². The van der Waals surface area contributed by atoms with Crippen molar-refractivity contribution in [2.45, 2.75) is 42.8 Å². The van der Waals surface area contributed by atoms with Gasteiger partial charge in [0.05, 0.1) is 17.5 Å². The largest absolute Gasteiger partial charge is 0.337 e. The zero-order valence-electron chi connectivity index (χ0n) is 13.6. The van der Waals surface area contributed by atoms with Gasteiger partial charge in [0.15, 0.2) is 5.16 Å². The van der Waals surface area contributed by atoms with Gasteiger partial charge in [-0.05, 0) is 31.0 Å². The van der Waals surface area contributed by atoms with E-state index in [0.29, 0.717) is 10.2 Å². The van der Waals surface area contributed by atoms with Crippen LogP contribution in [0.1, 0.15) is 32.1 Å². The van der Waals surface area contributed by atoms with Gasteiger partial charge in [-0.3, -0.25) is 9.36 Å². The van der Waals surface area contributed by atoms with Gasteiger partial charge in [0.2, 0.25) is 5.91 Å². The van der Waals surface area contributed by atoms with E-state index in [-0.39, 0.29) is 11.7 Å². The van der Waals surface area contributed by atoms with Crippen LogP contribution in [-0.2, 0) is 4.79 Å². The van der Waals surface area contributed by atoms with E-state index in [4.69, 9.17) is 11.6 Å². The minimum Gasteiger partial charge on any atom is -0.337 e. The summed E-state index contributed by atoms with van der Waals surface area (Å²) in [6.07, 6.45) is 6.10. The Kier molecular flexibility index (Phi) is 5.61. The Balaban J connectivity index is 1.64. The number of nitriles is 1. The summed E-state index contributed by atoms with van der Waals surface area (Å²) in [7, 11) is 0. The molecule has 130 valence electrons. The van der Waals surface area contributed by atoms with Crippen LogP contribution in [0.25, 0.3) is 5.69 Å². The lowest BCUT2D eigenvalue weighted by Crippen LogP contribution is -2.49. The van der Waals surface area contributed by atoms with E-state index in [9.17, 15) is 10.1 Å². The van der Waals surface area contributed by atoms with Crippen LogP contribution in [0.3, 0.4) is 0 Å². The average Bonchev–Trinajstić information content (AvgIpc) is 3.09. The molecule has 3 rings (SSSR count). The molecule has 1 saturated carbocycles. The third kappa shape index (κ3) is 4.33. The number of thioether (sulfide) groups is 1. The summed E-state index contributed by atoms with van der Waals surface area (Å²) in [5.74, 6) is 0.0250. The fourth-order valence-electron chi connectivity index (χ4n) is 2.98. The van der Waals surface area contributed by atoms with Crippen LogP contribution in [0, 0.1) is 11.3 Å². The van der Waals surface area contributed by atoms with Gasteiger partial charge in [0.1, 0.15) is 11.9 Å². The molecular weight excluding hydrogens is 358 g/mol. The first-order valence-corrected chi connectivity index (χ1v) is 9.49. The lowest BCUT2D eigenvalue weighted by atomic mass is 9.83. The third-order valence-corrected chi connectivity index (χ3v) is 5.41. The van der Waals surface area contributed by atoms with Crippen molar-refractivity contribution in [2.24, 2.45) is 0 Å². The molecule has 0 atom stereocenters. The zero-order chi connectivity index (χ0) is 17.7. The average molecular weight is 376 g/mol. The van der Waals surface area contributed by atoms with Crippen molar-refractivity contribution in [2.75, 3.05) is 5.75 Å². The fraction of sp³-hybridized carbons (Fsp3) is 0.412. The van der Waals surface area contributed by atoms with Crippen molar-refractivity contribution in [3.05, 3.63) is 35.6 Å². The third-order valence-electron chi connectivity index (χ3n) is 4.24. The van der Waals surface area contributed by atoms with Crippen molar-refractivity contribution in [1.82, 2.24) is 20.1 Å². The molecule has 0 unspecified atom stereocenters. The quantitative estimate of drug-likeness (QED) is 0.810. The number of carbonyl (C=O) groups excluding carboxylic acids is 1. The molecule has 1 N–H and O–H groups in total. The Bertz CT molecular complexity index is 794. The van der Waals surface area contributed by atoms with E-state index in [2.05, 4.69) is 21.6 Å². The standard InChI is InChI=1S/C17H18ClN5OS/c18-13-5-4-6-14(9-13)23-12-20-22-16(23)25-10-15(24)21-17(11-19)7-2-1-3-8-17/h4-6,9,12H,1-3,7-8,10H2,(H,21,24). The van der Waals surface area contributed by atoms with Crippen molar-refractivity contribution >= 4 is 29.3 Å². The lowest BCUT2D eigenvalue weighted by Gasteiger charge is -2.31. The van der Waals surface area contributed by atoms with E-state index >= 15 is 0 Å². The molecule has 0 radical (unpaired) electrons. The van der Waals surface area contributed by atoms with E-state index in [0.717, 1.165) is 37.8 Å². The lowest BCUT2D eigenvalue weighted by molar-refractivity contribution is -0.120. The van der Waals surface area contributed by atoms with E-state index in [1.807, 2.05) is 18.2 Å². The van der Waals surface area contributed by atoms with Crippen LogP contribution in [0.15, 0.2) is 35.7 Å². The van der Waals surface area contributed by atoms with Gasteiger partial charge in [-0.15, -0.1) is 10.2 Å². The Labute approximate surface area is 155 Å². The Morgan fingerprint density at radius 1 is 1.40 bits per heavy atom. The summed E-state index contributed by atoms with van der Waals surface area (Å²) in [5.41, 5.74) is 0.123. The zero-order valence-corrected chi connectivity index (χ0v) is 15.2. The summed E-state index contributed by atoms with van der Waals surface area (Å²) >= 11 is 7.31. The van der Waals surface area contributed by atoms with Gasteiger partial charge < -0.3 is 5.32 Å². The number of carbonyl (C=O) groups is 1. The molecule has 6 nitrogen and oxygen atoms in total. The molecule has 0 spiro atoms. The predicted octanol–water partition coefficient (Wildman–Crippen LogP) is 3.36. The van der Waals surface area contributed by atoms with Crippen LogP contribution in [-0.4, -0.2) is 32.0 Å². The smallest absolute Gasteiger partial charge is 0.231 e. The normalized spacial score (nSPS) is 16.2. The van der Waals surface area contributed by atoms with Gasteiger partial charge in [-0.25, -0.2) is 0 Å². The monoisotopic (exact) mass is 375 g/mol. The van der Waals surface area contributed by atoms with E-state index < -0.39 is 5.54 Å². The number of amides is 1. The van der Waals surface area contributed by atoms with Crippen LogP contribution in [0.5, 0.6) is 0 Å². The number of nitrogens with one attached hydrogen (secondary N) is 1. The molecule has 1 aromatic heterocycles. The van der Waals surface area contributed by atoms with Crippen LogP contribution < -0.4 is 5.32 Å². The molecule has 1 heterocycles. The molecule has 0 bridgehead atoms. The first-order valence-electron chi connectivity index (χ1n) is 8.13. The summed E-state index contributed by atoms with van der Waals surface area (Å²) in [5, 5.41) is 21.6. The molecule has 1 aliphatic carbocycles. The predicted molar refractivity (Wildman–Crippen MR) is 96.7 cm³/mol. The highest BCUT2D eigenvalue weighted by molar-refractivity contribution is 7.99. The molecule has 0 aliphatic heterocycles. The fourth-order valence-corrected chi connectivity index (χ4v) is 3.89. The van der Waals surface area contributed by atoms with Gasteiger partial charge in [-0.1, -0.05) is 48.7 Å². The summed E-state index contributed by atoms with van der Waals surface area (Å²) in [4.78, 5) is 12.3. The van der Waals surface area contributed by atoms with Gasteiger partial charge in [0.25, 0.3) is 0 Å². The Hall–Kier alpha value is -2.04. The molecule has 1 aliphatic rings.